The highest BCUT2D eigenvalue weighted by atomic mass is 14.7. The third-order valence-electron chi connectivity index (χ3n) is 4.02. The molecule has 0 aliphatic heterocycles. The highest BCUT2D eigenvalue weighted by molar-refractivity contribution is 5.35. The molecule has 1 nitrogen and oxygen atoms in total. The molecule has 0 saturated heterocycles. The minimum Gasteiger partial charge on any atom is -0.324 e. The van der Waals surface area contributed by atoms with Crippen molar-refractivity contribution in [3.8, 4) is 0 Å². The smallest absolute Gasteiger partial charge is 0.0326 e. The zero-order chi connectivity index (χ0) is 11.5. The largest absolute Gasteiger partial charge is 0.324 e. The first-order valence-corrected chi connectivity index (χ1v) is 6.63. The summed E-state index contributed by atoms with van der Waals surface area (Å²) in [4.78, 5) is 0. The van der Waals surface area contributed by atoms with E-state index in [-0.39, 0.29) is 6.04 Å². The molecule has 0 amide bonds. The Morgan fingerprint density at radius 3 is 2.50 bits per heavy atom. The fourth-order valence-electron chi connectivity index (χ4n) is 2.55. The SMILES string of the molecule is CCc1ccc(CC)c(C(N)C2CCC2)c1. The van der Waals surface area contributed by atoms with Crippen molar-refractivity contribution in [1.82, 2.24) is 0 Å². The van der Waals surface area contributed by atoms with Crippen LogP contribution in [0.2, 0.25) is 0 Å². The summed E-state index contributed by atoms with van der Waals surface area (Å²) in [6, 6.07) is 7.12. The average molecular weight is 217 g/mol. The maximum absolute atomic E-state index is 6.40. The average Bonchev–Trinajstić information content (AvgIpc) is 2.25. The third-order valence-corrected chi connectivity index (χ3v) is 4.02. The van der Waals surface area contributed by atoms with Crippen LogP contribution >= 0.6 is 0 Å². The molecule has 0 aromatic heterocycles. The lowest BCUT2D eigenvalue weighted by atomic mass is 9.76. The van der Waals surface area contributed by atoms with Gasteiger partial charge in [0.1, 0.15) is 0 Å². The molecule has 16 heavy (non-hydrogen) atoms. The second kappa shape index (κ2) is 5.01. The number of hydrogen-bond acceptors (Lipinski definition) is 1. The normalized spacial score (nSPS) is 18.2. The number of aryl methyl sites for hydroxylation is 2. The molecule has 88 valence electrons. The summed E-state index contributed by atoms with van der Waals surface area (Å²) < 4.78 is 0. The van der Waals surface area contributed by atoms with Gasteiger partial charge in [-0.1, -0.05) is 38.5 Å². The van der Waals surface area contributed by atoms with Crippen LogP contribution in [-0.4, -0.2) is 0 Å². The van der Waals surface area contributed by atoms with Gasteiger partial charge in [0.15, 0.2) is 0 Å². The first-order valence-electron chi connectivity index (χ1n) is 6.63. The second-order valence-electron chi connectivity index (χ2n) is 4.96. The minimum atomic E-state index is 0.273. The molecule has 1 aromatic rings. The molecule has 1 saturated carbocycles. The summed E-state index contributed by atoms with van der Waals surface area (Å²) in [5.74, 6) is 0.734. The Morgan fingerprint density at radius 2 is 2.00 bits per heavy atom. The maximum atomic E-state index is 6.40. The fourth-order valence-corrected chi connectivity index (χ4v) is 2.55. The summed E-state index contributed by atoms with van der Waals surface area (Å²) in [6.07, 6.45) is 6.21. The Morgan fingerprint density at radius 1 is 1.25 bits per heavy atom. The molecule has 0 bridgehead atoms. The molecule has 1 aliphatic carbocycles. The van der Waals surface area contributed by atoms with E-state index in [4.69, 9.17) is 5.73 Å². The minimum absolute atomic E-state index is 0.273. The van der Waals surface area contributed by atoms with Crippen molar-refractivity contribution >= 4 is 0 Å². The van der Waals surface area contributed by atoms with Crippen molar-refractivity contribution in [2.45, 2.75) is 52.0 Å². The number of rotatable bonds is 4. The number of benzene rings is 1. The molecule has 1 aromatic carbocycles. The number of hydrogen-bond donors (Lipinski definition) is 1. The van der Waals surface area contributed by atoms with E-state index < -0.39 is 0 Å². The van der Waals surface area contributed by atoms with Gasteiger partial charge in [-0.05, 0) is 48.3 Å². The van der Waals surface area contributed by atoms with Crippen LogP contribution in [0.1, 0.15) is 55.8 Å². The van der Waals surface area contributed by atoms with Gasteiger partial charge in [0.2, 0.25) is 0 Å². The van der Waals surface area contributed by atoms with Gasteiger partial charge in [-0.2, -0.15) is 0 Å². The van der Waals surface area contributed by atoms with Crippen LogP contribution < -0.4 is 5.73 Å². The van der Waals surface area contributed by atoms with Gasteiger partial charge in [-0.25, -0.2) is 0 Å². The molecule has 1 fully saturated rings. The molecule has 0 heterocycles. The van der Waals surface area contributed by atoms with Gasteiger partial charge in [0.25, 0.3) is 0 Å². The van der Waals surface area contributed by atoms with E-state index in [9.17, 15) is 0 Å². The van der Waals surface area contributed by atoms with Gasteiger partial charge >= 0.3 is 0 Å². The lowest BCUT2D eigenvalue weighted by Gasteiger charge is -2.32. The maximum Gasteiger partial charge on any atom is 0.0326 e. The molecule has 1 unspecified atom stereocenters. The van der Waals surface area contributed by atoms with E-state index in [0.29, 0.717) is 0 Å². The topological polar surface area (TPSA) is 26.0 Å². The Labute approximate surface area is 99.0 Å². The van der Waals surface area contributed by atoms with Crippen molar-refractivity contribution in [3.05, 3.63) is 34.9 Å². The molecule has 1 heteroatoms. The van der Waals surface area contributed by atoms with Crippen molar-refractivity contribution in [2.75, 3.05) is 0 Å². The Balaban J connectivity index is 2.27. The van der Waals surface area contributed by atoms with Gasteiger partial charge in [-0.3, -0.25) is 0 Å². The van der Waals surface area contributed by atoms with Crippen molar-refractivity contribution in [2.24, 2.45) is 11.7 Å². The first kappa shape index (κ1) is 11.7. The van der Waals surface area contributed by atoms with Crippen molar-refractivity contribution in [1.29, 1.82) is 0 Å². The van der Waals surface area contributed by atoms with Gasteiger partial charge in [-0.15, -0.1) is 0 Å². The van der Waals surface area contributed by atoms with Gasteiger partial charge < -0.3 is 5.73 Å². The monoisotopic (exact) mass is 217 g/mol. The number of nitrogens with two attached hydrogens (primary N) is 1. The second-order valence-corrected chi connectivity index (χ2v) is 4.96. The predicted molar refractivity (Wildman–Crippen MR) is 69.5 cm³/mol. The Bertz CT molecular complexity index is 352. The van der Waals surface area contributed by atoms with Crippen LogP contribution in [0.25, 0.3) is 0 Å². The van der Waals surface area contributed by atoms with E-state index in [2.05, 4.69) is 32.0 Å². The fraction of sp³-hybridized carbons (Fsp3) is 0.600. The van der Waals surface area contributed by atoms with Crippen LogP contribution in [0.5, 0.6) is 0 Å². The highest BCUT2D eigenvalue weighted by Crippen LogP contribution is 2.37. The zero-order valence-electron chi connectivity index (χ0n) is 10.5. The third kappa shape index (κ3) is 2.15. The standard InChI is InChI=1S/C15H23N/c1-3-11-8-9-12(4-2)14(10-11)15(16)13-6-5-7-13/h8-10,13,15H,3-7,16H2,1-2H3. The van der Waals surface area contributed by atoms with Crippen LogP contribution in [0.4, 0.5) is 0 Å². The van der Waals surface area contributed by atoms with E-state index in [1.165, 1.54) is 36.0 Å². The van der Waals surface area contributed by atoms with Crippen LogP contribution in [0.15, 0.2) is 18.2 Å². The summed E-state index contributed by atoms with van der Waals surface area (Å²) >= 11 is 0. The Hall–Kier alpha value is -0.820. The van der Waals surface area contributed by atoms with E-state index >= 15 is 0 Å². The lowest BCUT2D eigenvalue weighted by Crippen LogP contribution is -2.27. The molecule has 0 radical (unpaired) electrons. The first-order chi connectivity index (χ1) is 7.76. The molecular formula is C15H23N. The van der Waals surface area contributed by atoms with Gasteiger partial charge in [0.05, 0.1) is 0 Å². The molecule has 1 aliphatic rings. The van der Waals surface area contributed by atoms with Gasteiger partial charge in [0, 0.05) is 6.04 Å². The van der Waals surface area contributed by atoms with Crippen LogP contribution in [0.3, 0.4) is 0 Å². The summed E-state index contributed by atoms with van der Waals surface area (Å²) in [5, 5.41) is 0. The zero-order valence-corrected chi connectivity index (χ0v) is 10.5. The molecule has 0 spiro atoms. The summed E-state index contributed by atoms with van der Waals surface area (Å²) in [6.45, 7) is 4.43. The molecule has 2 rings (SSSR count). The van der Waals surface area contributed by atoms with E-state index in [0.717, 1.165) is 18.8 Å². The lowest BCUT2D eigenvalue weighted by molar-refractivity contribution is 0.263. The predicted octanol–water partition coefficient (Wildman–Crippen LogP) is 3.61. The molecule has 1 atom stereocenters. The Kier molecular flexibility index (Phi) is 3.65. The van der Waals surface area contributed by atoms with E-state index in [1.54, 1.807) is 0 Å². The van der Waals surface area contributed by atoms with Crippen LogP contribution in [0, 0.1) is 5.92 Å². The molecule has 2 N–H and O–H groups in total. The van der Waals surface area contributed by atoms with Crippen molar-refractivity contribution in [3.63, 3.8) is 0 Å². The summed E-state index contributed by atoms with van der Waals surface area (Å²) in [5.41, 5.74) is 10.7. The molecular weight excluding hydrogens is 194 g/mol. The van der Waals surface area contributed by atoms with Crippen LogP contribution in [-0.2, 0) is 12.8 Å². The highest BCUT2D eigenvalue weighted by Gasteiger charge is 2.26. The summed E-state index contributed by atoms with van der Waals surface area (Å²) in [7, 11) is 0. The van der Waals surface area contributed by atoms with Crippen molar-refractivity contribution < 1.29 is 0 Å². The van der Waals surface area contributed by atoms with E-state index in [1.807, 2.05) is 0 Å². The quantitative estimate of drug-likeness (QED) is 0.819.